The molecule has 0 saturated carbocycles. The molecule has 1 N–H and O–H groups in total. The number of aromatic nitrogens is 1. The molecule has 0 aliphatic heterocycles. The minimum Gasteiger partial charge on any atom is -0.304 e. The minimum absolute atomic E-state index is 0.358. The smallest absolute Gasteiger partial charge is 0.106 e. The summed E-state index contributed by atoms with van der Waals surface area (Å²) in [5.74, 6) is 0. The first-order valence-electron chi connectivity index (χ1n) is 5.67. The summed E-state index contributed by atoms with van der Waals surface area (Å²) in [6, 6.07) is 8.38. The normalized spacial score (nSPS) is 12.6. The summed E-state index contributed by atoms with van der Waals surface area (Å²) < 4.78 is 0. The molecule has 1 unspecified atom stereocenters. The Morgan fingerprint density at radius 3 is 2.71 bits per heavy atom. The monoisotopic (exact) mass is 266 g/mol. The molecule has 0 aliphatic carbocycles. The van der Waals surface area contributed by atoms with Gasteiger partial charge in [0.2, 0.25) is 0 Å². The van der Waals surface area contributed by atoms with Gasteiger partial charge in [0.1, 0.15) is 5.01 Å². The predicted octanol–water partition coefficient (Wildman–Crippen LogP) is 4.04. The van der Waals surface area contributed by atoms with Crippen LogP contribution >= 0.6 is 22.9 Å². The van der Waals surface area contributed by atoms with Crippen molar-refractivity contribution in [2.24, 2.45) is 0 Å². The first-order valence-corrected chi connectivity index (χ1v) is 6.92. The van der Waals surface area contributed by atoms with E-state index in [1.165, 1.54) is 5.56 Å². The Kier molecular flexibility index (Phi) is 4.54. The van der Waals surface area contributed by atoms with Gasteiger partial charge in [-0.2, -0.15) is 0 Å². The molecule has 0 saturated heterocycles. The number of thiazole rings is 1. The highest BCUT2D eigenvalue weighted by Crippen LogP contribution is 2.19. The first kappa shape index (κ1) is 12.6. The molecule has 2 aromatic rings. The molecule has 0 bridgehead atoms. The molecule has 0 aliphatic rings. The molecular weight excluding hydrogens is 252 g/mol. The van der Waals surface area contributed by atoms with E-state index >= 15 is 0 Å². The van der Waals surface area contributed by atoms with E-state index in [9.17, 15) is 0 Å². The Bertz CT molecular complexity index is 439. The zero-order valence-corrected chi connectivity index (χ0v) is 11.3. The van der Waals surface area contributed by atoms with Crippen LogP contribution in [0.3, 0.4) is 0 Å². The summed E-state index contributed by atoms with van der Waals surface area (Å²) in [6.45, 7) is 2.99. The summed E-state index contributed by atoms with van der Waals surface area (Å²) in [6.07, 6.45) is 2.89. The van der Waals surface area contributed by atoms with Crippen molar-refractivity contribution in [2.45, 2.75) is 25.9 Å². The van der Waals surface area contributed by atoms with E-state index in [0.717, 1.165) is 23.0 Å². The van der Waals surface area contributed by atoms with Crippen molar-refractivity contribution >= 4 is 22.9 Å². The molecule has 0 spiro atoms. The van der Waals surface area contributed by atoms with Gasteiger partial charge in [-0.15, -0.1) is 11.3 Å². The predicted molar refractivity (Wildman–Crippen MR) is 73.4 cm³/mol. The van der Waals surface area contributed by atoms with Gasteiger partial charge >= 0.3 is 0 Å². The van der Waals surface area contributed by atoms with Crippen molar-refractivity contribution in [2.75, 3.05) is 0 Å². The Morgan fingerprint density at radius 1 is 1.35 bits per heavy atom. The van der Waals surface area contributed by atoms with Crippen LogP contribution in [0.25, 0.3) is 0 Å². The van der Waals surface area contributed by atoms with Gasteiger partial charge in [-0.3, -0.25) is 0 Å². The quantitative estimate of drug-likeness (QED) is 0.884. The Balaban J connectivity index is 1.99. The molecule has 90 valence electrons. The summed E-state index contributed by atoms with van der Waals surface area (Å²) in [5, 5.41) is 7.42. The highest BCUT2D eigenvalue weighted by atomic mass is 35.5. The number of benzene rings is 1. The lowest BCUT2D eigenvalue weighted by molar-refractivity contribution is 0.518. The maximum Gasteiger partial charge on any atom is 0.106 e. The largest absolute Gasteiger partial charge is 0.304 e. The molecule has 0 radical (unpaired) electrons. The van der Waals surface area contributed by atoms with Gasteiger partial charge in [0, 0.05) is 29.2 Å². The lowest BCUT2D eigenvalue weighted by Crippen LogP contribution is -2.20. The van der Waals surface area contributed by atoms with Crippen LogP contribution in [0.4, 0.5) is 0 Å². The van der Waals surface area contributed by atoms with Crippen LogP contribution in [0.1, 0.15) is 30.0 Å². The van der Waals surface area contributed by atoms with Crippen LogP contribution in [0.15, 0.2) is 35.8 Å². The van der Waals surface area contributed by atoms with Crippen LogP contribution < -0.4 is 5.32 Å². The van der Waals surface area contributed by atoms with E-state index in [2.05, 4.69) is 29.4 Å². The number of halogens is 1. The number of hydrogen-bond acceptors (Lipinski definition) is 3. The second-order valence-corrected chi connectivity index (χ2v) is 5.23. The van der Waals surface area contributed by atoms with Crippen LogP contribution in [0, 0.1) is 0 Å². The number of hydrogen-bond donors (Lipinski definition) is 1. The zero-order chi connectivity index (χ0) is 12.1. The van der Waals surface area contributed by atoms with Crippen molar-refractivity contribution < 1.29 is 0 Å². The average Bonchev–Trinajstić information content (AvgIpc) is 2.85. The number of nitrogens with one attached hydrogen (secondary N) is 1. The van der Waals surface area contributed by atoms with Crippen molar-refractivity contribution in [3.63, 3.8) is 0 Å². The van der Waals surface area contributed by atoms with Crippen LogP contribution in [-0.2, 0) is 6.54 Å². The molecule has 0 fully saturated rings. The van der Waals surface area contributed by atoms with E-state index in [-0.39, 0.29) is 0 Å². The molecule has 1 heterocycles. The average molecular weight is 267 g/mol. The van der Waals surface area contributed by atoms with Gasteiger partial charge in [0.05, 0.1) is 0 Å². The first-order chi connectivity index (χ1) is 8.29. The maximum absolute atomic E-state index is 5.89. The van der Waals surface area contributed by atoms with Crippen LogP contribution in [0.2, 0.25) is 5.02 Å². The summed E-state index contributed by atoms with van der Waals surface area (Å²) in [5.41, 5.74) is 1.27. The Morgan fingerprint density at radius 2 is 2.12 bits per heavy atom. The second-order valence-electron chi connectivity index (χ2n) is 3.82. The fraction of sp³-hybridized carbons (Fsp3) is 0.308. The molecule has 17 heavy (non-hydrogen) atoms. The lowest BCUT2D eigenvalue weighted by Gasteiger charge is -2.16. The summed E-state index contributed by atoms with van der Waals surface area (Å²) in [7, 11) is 0. The molecule has 2 rings (SSSR count). The molecule has 2 nitrogen and oxygen atoms in total. The van der Waals surface area contributed by atoms with Crippen molar-refractivity contribution in [3.8, 4) is 0 Å². The lowest BCUT2D eigenvalue weighted by atomic mass is 10.0. The van der Waals surface area contributed by atoms with Gasteiger partial charge in [-0.1, -0.05) is 30.7 Å². The van der Waals surface area contributed by atoms with E-state index in [1.54, 1.807) is 11.3 Å². The zero-order valence-electron chi connectivity index (χ0n) is 9.69. The van der Waals surface area contributed by atoms with Gasteiger partial charge in [-0.25, -0.2) is 4.98 Å². The third-order valence-electron chi connectivity index (χ3n) is 2.66. The highest BCUT2D eigenvalue weighted by molar-refractivity contribution is 7.09. The fourth-order valence-electron chi connectivity index (χ4n) is 1.74. The Labute approximate surface area is 111 Å². The van der Waals surface area contributed by atoms with Gasteiger partial charge in [-0.05, 0) is 24.1 Å². The van der Waals surface area contributed by atoms with Crippen molar-refractivity contribution in [1.29, 1.82) is 0 Å². The van der Waals surface area contributed by atoms with Crippen molar-refractivity contribution in [3.05, 3.63) is 51.4 Å². The minimum atomic E-state index is 0.358. The topological polar surface area (TPSA) is 24.9 Å². The maximum atomic E-state index is 5.89. The van der Waals surface area contributed by atoms with Gasteiger partial charge in [0.15, 0.2) is 0 Å². The standard InChI is InChI=1S/C13H15ClN2S/c1-2-12(10-3-5-11(14)6-4-10)16-9-13-15-7-8-17-13/h3-8,12,16H,2,9H2,1H3. The number of nitrogens with zero attached hydrogens (tertiary/aromatic N) is 1. The van der Waals surface area contributed by atoms with E-state index in [4.69, 9.17) is 11.6 Å². The SMILES string of the molecule is CCC(NCc1nccs1)c1ccc(Cl)cc1. The fourth-order valence-corrected chi connectivity index (χ4v) is 2.44. The molecule has 1 atom stereocenters. The third-order valence-corrected chi connectivity index (χ3v) is 3.70. The van der Waals surface area contributed by atoms with Gasteiger partial charge < -0.3 is 5.32 Å². The molecule has 4 heteroatoms. The van der Waals surface area contributed by atoms with Gasteiger partial charge in [0.25, 0.3) is 0 Å². The summed E-state index contributed by atoms with van der Waals surface area (Å²) >= 11 is 7.57. The van der Waals surface area contributed by atoms with Crippen molar-refractivity contribution in [1.82, 2.24) is 10.3 Å². The van der Waals surface area contributed by atoms with E-state index in [0.29, 0.717) is 6.04 Å². The highest BCUT2D eigenvalue weighted by Gasteiger charge is 2.08. The van der Waals surface area contributed by atoms with Crippen LogP contribution in [-0.4, -0.2) is 4.98 Å². The molecular formula is C13H15ClN2S. The second kappa shape index (κ2) is 6.15. The molecule has 1 aromatic heterocycles. The third kappa shape index (κ3) is 3.53. The summed E-state index contributed by atoms with van der Waals surface area (Å²) in [4.78, 5) is 4.27. The van der Waals surface area contributed by atoms with E-state index in [1.807, 2.05) is 23.7 Å². The molecule has 0 amide bonds. The Hall–Kier alpha value is -0.900. The van der Waals surface area contributed by atoms with E-state index < -0.39 is 0 Å². The number of rotatable bonds is 5. The molecule has 1 aromatic carbocycles. The van der Waals surface area contributed by atoms with Crippen LogP contribution in [0.5, 0.6) is 0 Å².